The molecule has 0 heterocycles. The van der Waals surface area contributed by atoms with Gasteiger partial charge in [0.25, 0.3) is 0 Å². The van der Waals surface area contributed by atoms with Crippen molar-refractivity contribution in [2.75, 3.05) is 0 Å². The van der Waals surface area contributed by atoms with Crippen molar-refractivity contribution < 1.29 is 0 Å². The Morgan fingerprint density at radius 3 is 2.23 bits per heavy atom. The van der Waals surface area contributed by atoms with Crippen LogP contribution in [-0.4, -0.2) is 0 Å². The van der Waals surface area contributed by atoms with Crippen LogP contribution < -0.4 is 5.73 Å². The van der Waals surface area contributed by atoms with E-state index >= 15 is 0 Å². The monoisotopic (exact) mass is 289 g/mol. The average Bonchev–Trinajstić information content (AvgIpc) is 2.02. The van der Waals surface area contributed by atoms with Crippen LogP contribution in [0.2, 0.25) is 0 Å². The van der Waals surface area contributed by atoms with E-state index in [-0.39, 0.29) is 11.5 Å². The molecule has 0 spiro atoms. The average molecular weight is 289 g/mol. The third-order valence-electron chi connectivity index (χ3n) is 2.17. The minimum absolute atomic E-state index is 0.112. The van der Waals surface area contributed by atoms with Crippen LogP contribution in [0.5, 0.6) is 0 Å². The highest BCUT2D eigenvalue weighted by atomic mass is 127. The van der Waals surface area contributed by atoms with Crippen LogP contribution in [0.3, 0.4) is 0 Å². The third kappa shape index (κ3) is 2.68. The van der Waals surface area contributed by atoms with Crippen molar-refractivity contribution in [1.29, 1.82) is 0 Å². The molecule has 0 aromatic heterocycles. The van der Waals surface area contributed by atoms with E-state index in [1.54, 1.807) is 0 Å². The lowest BCUT2D eigenvalue weighted by atomic mass is 9.83. The van der Waals surface area contributed by atoms with E-state index in [2.05, 4.69) is 55.5 Å². The Hall–Kier alpha value is -0.0900. The Morgan fingerprint density at radius 2 is 1.77 bits per heavy atom. The summed E-state index contributed by atoms with van der Waals surface area (Å²) in [6.45, 7) is 6.50. The Labute approximate surface area is 93.9 Å². The van der Waals surface area contributed by atoms with Crippen LogP contribution in [-0.2, 0) is 0 Å². The molecule has 1 aromatic carbocycles. The van der Waals surface area contributed by atoms with Gasteiger partial charge in [0.1, 0.15) is 0 Å². The first-order valence-electron chi connectivity index (χ1n) is 4.43. The van der Waals surface area contributed by atoms with Gasteiger partial charge in [0, 0.05) is 9.61 Å². The molecule has 0 aliphatic heterocycles. The van der Waals surface area contributed by atoms with Crippen LogP contribution in [0, 0.1) is 8.99 Å². The normalized spacial score (nSPS) is 14.2. The van der Waals surface area contributed by atoms with Gasteiger partial charge >= 0.3 is 0 Å². The molecular formula is C11H16IN. The SMILES string of the molecule is CC(C)(C)[C@H](N)c1ccccc1I. The fourth-order valence-electron chi connectivity index (χ4n) is 1.19. The molecule has 72 valence electrons. The van der Waals surface area contributed by atoms with Crippen molar-refractivity contribution in [2.45, 2.75) is 26.8 Å². The maximum Gasteiger partial charge on any atom is 0.0354 e. The molecule has 0 aliphatic carbocycles. The number of nitrogens with two attached hydrogens (primary N) is 1. The van der Waals surface area contributed by atoms with Crippen molar-refractivity contribution in [3.8, 4) is 0 Å². The fraction of sp³-hybridized carbons (Fsp3) is 0.455. The zero-order valence-corrected chi connectivity index (χ0v) is 10.5. The smallest absolute Gasteiger partial charge is 0.0354 e. The van der Waals surface area contributed by atoms with E-state index in [0.29, 0.717) is 0 Å². The largest absolute Gasteiger partial charge is 0.323 e. The van der Waals surface area contributed by atoms with Crippen LogP contribution >= 0.6 is 22.6 Å². The summed E-state index contributed by atoms with van der Waals surface area (Å²) < 4.78 is 1.25. The molecule has 0 unspecified atom stereocenters. The van der Waals surface area contributed by atoms with Gasteiger partial charge in [-0.1, -0.05) is 39.0 Å². The second-order valence-corrected chi connectivity index (χ2v) is 5.53. The Morgan fingerprint density at radius 1 is 1.23 bits per heavy atom. The van der Waals surface area contributed by atoms with E-state index in [9.17, 15) is 0 Å². The maximum atomic E-state index is 6.17. The summed E-state index contributed by atoms with van der Waals surface area (Å²) in [4.78, 5) is 0. The summed E-state index contributed by atoms with van der Waals surface area (Å²) in [5.41, 5.74) is 7.54. The quantitative estimate of drug-likeness (QED) is 0.788. The number of rotatable bonds is 1. The number of hydrogen-bond donors (Lipinski definition) is 1. The van der Waals surface area contributed by atoms with Gasteiger partial charge < -0.3 is 5.73 Å². The molecule has 0 amide bonds. The molecule has 0 bridgehead atoms. The number of halogens is 1. The molecule has 2 N–H and O–H groups in total. The minimum atomic E-state index is 0.112. The zero-order chi connectivity index (χ0) is 10.1. The highest BCUT2D eigenvalue weighted by molar-refractivity contribution is 14.1. The molecule has 0 saturated carbocycles. The first-order valence-corrected chi connectivity index (χ1v) is 5.51. The highest BCUT2D eigenvalue weighted by Gasteiger charge is 2.23. The van der Waals surface area contributed by atoms with E-state index in [0.717, 1.165) is 0 Å². The standard InChI is InChI=1S/C11H16IN/c1-11(2,3)10(13)8-6-4-5-7-9(8)12/h4-7,10H,13H2,1-3H3/t10-/m1/s1. The van der Waals surface area contributed by atoms with E-state index in [4.69, 9.17) is 5.73 Å². The van der Waals surface area contributed by atoms with Crippen molar-refractivity contribution >= 4 is 22.6 Å². The van der Waals surface area contributed by atoms with Gasteiger partial charge in [0.2, 0.25) is 0 Å². The first kappa shape index (κ1) is 11.0. The summed E-state index contributed by atoms with van der Waals surface area (Å²) in [6.07, 6.45) is 0. The summed E-state index contributed by atoms with van der Waals surface area (Å²) in [5, 5.41) is 0. The van der Waals surface area contributed by atoms with Gasteiger partial charge in [0.15, 0.2) is 0 Å². The van der Waals surface area contributed by atoms with Gasteiger partial charge in [-0.15, -0.1) is 0 Å². The lowest BCUT2D eigenvalue weighted by molar-refractivity contribution is 0.326. The van der Waals surface area contributed by atoms with Crippen molar-refractivity contribution in [1.82, 2.24) is 0 Å². The van der Waals surface area contributed by atoms with E-state index in [1.165, 1.54) is 9.13 Å². The molecule has 0 saturated heterocycles. The molecule has 2 heteroatoms. The minimum Gasteiger partial charge on any atom is -0.323 e. The molecule has 0 aliphatic rings. The Bertz CT molecular complexity index is 288. The molecule has 1 rings (SSSR count). The maximum absolute atomic E-state index is 6.17. The van der Waals surface area contributed by atoms with E-state index in [1.807, 2.05) is 12.1 Å². The van der Waals surface area contributed by atoms with E-state index < -0.39 is 0 Å². The molecule has 1 aromatic rings. The van der Waals surface area contributed by atoms with Crippen LogP contribution in [0.15, 0.2) is 24.3 Å². The van der Waals surface area contributed by atoms with Crippen molar-refractivity contribution in [3.63, 3.8) is 0 Å². The predicted octanol–water partition coefficient (Wildman–Crippen LogP) is 3.34. The van der Waals surface area contributed by atoms with Crippen molar-refractivity contribution in [2.24, 2.45) is 11.1 Å². The molecule has 1 nitrogen and oxygen atoms in total. The second kappa shape index (κ2) is 3.96. The van der Waals surface area contributed by atoms with Crippen LogP contribution in [0.1, 0.15) is 32.4 Å². The van der Waals surface area contributed by atoms with Gasteiger partial charge in [-0.3, -0.25) is 0 Å². The number of benzene rings is 1. The lowest BCUT2D eigenvalue weighted by Gasteiger charge is -2.28. The van der Waals surface area contributed by atoms with Crippen molar-refractivity contribution in [3.05, 3.63) is 33.4 Å². The predicted molar refractivity (Wildman–Crippen MR) is 65.5 cm³/mol. The molecule has 13 heavy (non-hydrogen) atoms. The fourth-order valence-corrected chi connectivity index (χ4v) is 1.92. The second-order valence-electron chi connectivity index (χ2n) is 4.37. The Kier molecular flexibility index (Phi) is 3.35. The Balaban J connectivity index is 3.02. The molecular weight excluding hydrogens is 273 g/mol. The zero-order valence-electron chi connectivity index (χ0n) is 8.34. The summed E-state index contributed by atoms with van der Waals surface area (Å²) in [7, 11) is 0. The molecule has 0 fully saturated rings. The van der Waals surface area contributed by atoms with Gasteiger partial charge in [-0.2, -0.15) is 0 Å². The van der Waals surface area contributed by atoms with Gasteiger partial charge in [-0.25, -0.2) is 0 Å². The molecule has 0 radical (unpaired) electrons. The highest BCUT2D eigenvalue weighted by Crippen LogP contribution is 2.32. The van der Waals surface area contributed by atoms with Crippen LogP contribution in [0.4, 0.5) is 0 Å². The lowest BCUT2D eigenvalue weighted by Crippen LogP contribution is -2.26. The topological polar surface area (TPSA) is 26.0 Å². The third-order valence-corrected chi connectivity index (χ3v) is 3.16. The summed E-state index contributed by atoms with van der Waals surface area (Å²) in [6, 6.07) is 8.41. The van der Waals surface area contributed by atoms with Gasteiger partial charge in [-0.05, 0) is 39.6 Å². The molecule has 1 atom stereocenters. The van der Waals surface area contributed by atoms with Gasteiger partial charge in [0.05, 0.1) is 0 Å². The first-order chi connectivity index (χ1) is 5.93. The number of hydrogen-bond acceptors (Lipinski definition) is 1. The summed E-state index contributed by atoms with van der Waals surface area (Å²) >= 11 is 2.34. The summed E-state index contributed by atoms with van der Waals surface area (Å²) in [5.74, 6) is 0. The van der Waals surface area contributed by atoms with Crippen LogP contribution in [0.25, 0.3) is 0 Å².